The third-order valence-corrected chi connectivity index (χ3v) is 4.95. The van der Waals surface area contributed by atoms with Gasteiger partial charge in [-0.2, -0.15) is 0 Å². The van der Waals surface area contributed by atoms with E-state index in [1.807, 2.05) is 72.9 Å². The van der Waals surface area contributed by atoms with Crippen molar-refractivity contribution in [3.63, 3.8) is 0 Å². The van der Waals surface area contributed by atoms with Crippen LogP contribution in [0.2, 0.25) is 0 Å². The molecule has 4 aromatic rings. The minimum atomic E-state index is -0.739. The summed E-state index contributed by atoms with van der Waals surface area (Å²) < 4.78 is 0. The molecular formula is C23H22N4O2. The molecule has 0 unspecified atom stereocenters. The van der Waals surface area contributed by atoms with Gasteiger partial charge in [0.05, 0.1) is 6.54 Å². The Balaban J connectivity index is 1.57. The van der Waals surface area contributed by atoms with E-state index in [1.165, 1.54) is 0 Å². The summed E-state index contributed by atoms with van der Waals surface area (Å²) >= 11 is 0. The number of fused-ring (bicyclic) bond motifs is 2. The van der Waals surface area contributed by atoms with E-state index >= 15 is 0 Å². The summed E-state index contributed by atoms with van der Waals surface area (Å²) in [6, 6.07) is 20.8. The molecule has 0 radical (unpaired) electrons. The Morgan fingerprint density at radius 1 is 0.966 bits per heavy atom. The maximum absolute atomic E-state index is 13.0. The van der Waals surface area contributed by atoms with Crippen LogP contribution in [0.15, 0.2) is 72.9 Å². The molecule has 2 amide bonds. The minimum Gasteiger partial charge on any atom is -0.361 e. The Morgan fingerprint density at radius 2 is 1.72 bits per heavy atom. The van der Waals surface area contributed by atoms with Gasteiger partial charge in [0, 0.05) is 29.2 Å². The number of hydrogen-bond acceptors (Lipinski definition) is 3. The van der Waals surface area contributed by atoms with Gasteiger partial charge in [0.2, 0.25) is 11.8 Å². The third kappa shape index (κ3) is 4.12. The van der Waals surface area contributed by atoms with Gasteiger partial charge >= 0.3 is 0 Å². The van der Waals surface area contributed by atoms with E-state index in [9.17, 15) is 9.59 Å². The zero-order valence-corrected chi connectivity index (χ0v) is 15.8. The van der Waals surface area contributed by atoms with Crippen molar-refractivity contribution in [2.75, 3.05) is 11.9 Å². The molecule has 6 nitrogen and oxygen atoms in total. The molecule has 0 spiro atoms. The van der Waals surface area contributed by atoms with Gasteiger partial charge in [-0.15, -0.1) is 0 Å². The number of H-pyrrole nitrogens is 1. The highest BCUT2D eigenvalue weighted by Crippen LogP contribution is 2.21. The number of para-hydroxylation sites is 1. The number of aromatic nitrogens is 1. The van der Waals surface area contributed by atoms with Crippen molar-refractivity contribution in [1.82, 2.24) is 10.3 Å². The number of anilines is 1. The van der Waals surface area contributed by atoms with Crippen molar-refractivity contribution in [1.29, 1.82) is 0 Å². The van der Waals surface area contributed by atoms with Gasteiger partial charge in [-0.25, -0.2) is 0 Å². The summed E-state index contributed by atoms with van der Waals surface area (Å²) in [6.07, 6.45) is 2.23. The van der Waals surface area contributed by atoms with Crippen LogP contribution in [0.5, 0.6) is 0 Å². The molecule has 1 heterocycles. The third-order valence-electron chi connectivity index (χ3n) is 4.95. The highest BCUT2D eigenvalue weighted by atomic mass is 16.2. The Bertz CT molecular complexity index is 1180. The quantitative estimate of drug-likeness (QED) is 0.410. The minimum absolute atomic E-state index is 0.173. The van der Waals surface area contributed by atoms with Crippen LogP contribution < -0.4 is 16.4 Å². The van der Waals surface area contributed by atoms with Crippen LogP contribution in [-0.4, -0.2) is 29.4 Å². The summed E-state index contributed by atoms with van der Waals surface area (Å²) in [4.78, 5) is 28.1. The standard InChI is InChI=1S/C23H22N4O2/c24-13-22(28)27-21(12-17-14-25-20-8-4-3-7-19(17)20)23(29)26-18-10-9-15-5-1-2-6-16(15)11-18/h1-11,14,21,25H,12-13,24H2,(H,26,29)(H,27,28)/t21-/m0/s1. The number of carbonyl (C=O) groups is 2. The van der Waals surface area contributed by atoms with E-state index in [-0.39, 0.29) is 18.4 Å². The molecule has 1 aromatic heterocycles. The predicted octanol–water partition coefficient (Wildman–Crippen LogP) is 2.95. The van der Waals surface area contributed by atoms with E-state index in [2.05, 4.69) is 15.6 Å². The molecule has 146 valence electrons. The lowest BCUT2D eigenvalue weighted by molar-refractivity contribution is -0.125. The maximum atomic E-state index is 13.0. The lowest BCUT2D eigenvalue weighted by Crippen LogP contribution is -2.47. The molecule has 6 heteroatoms. The molecule has 0 aliphatic carbocycles. The van der Waals surface area contributed by atoms with E-state index in [1.54, 1.807) is 0 Å². The fraction of sp³-hybridized carbons (Fsp3) is 0.130. The highest BCUT2D eigenvalue weighted by Gasteiger charge is 2.22. The van der Waals surface area contributed by atoms with E-state index in [0.29, 0.717) is 12.1 Å². The molecule has 4 rings (SSSR count). The Kier molecular flexibility index (Phi) is 5.27. The topological polar surface area (TPSA) is 100 Å². The Labute approximate surface area is 168 Å². The Morgan fingerprint density at radius 3 is 2.55 bits per heavy atom. The summed E-state index contributed by atoms with van der Waals surface area (Å²) in [5.41, 5.74) is 8.07. The largest absolute Gasteiger partial charge is 0.361 e. The lowest BCUT2D eigenvalue weighted by Gasteiger charge is -2.18. The van der Waals surface area contributed by atoms with Crippen molar-refractivity contribution in [3.05, 3.63) is 78.5 Å². The number of benzene rings is 3. The number of hydrogen-bond donors (Lipinski definition) is 4. The highest BCUT2D eigenvalue weighted by molar-refractivity contribution is 5.99. The van der Waals surface area contributed by atoms with Crippen molar-refractivity contribution < 1.29 is 9.59 Å². The fourth-order valence-electron chi connectivity index (χ4n) is 3.48. The van der Waals surface area contributed by atoms with Gasteiger partial charge in [0.1, 0.15) is 6.04 Å². The van der Waals surface area contributed by atoms with Gasteiger partial charge in [0.15, 0.2) is 0 Å². The van der Waals surface area contributed by atoms with Crippen LogP contribution in [0.3, 0.4) is 0 Å². The smallest absolute Gasteiger partial charge is 0.247 e. The molecule has 0 aliphatic heterocycles. The summed E-state index contributed by atoms with van der Waals surface area (Å²) in [7, 11) is 0. The molecule has 1 atom stereocenters. The molecule has 3 aromatic carbocycles. The molecule has 0 aliphatic rings. The monoisotopic (exact) mass is 386 g/mol. The molecule has 0 bridgehead atoms. The molecular weight excluding hydrogens is 364 g/mol. The first-order valence-electron chi connectivity index (χ1n) is 9.48. The summed E-state index contributed by atoms with van der Waals surface area (Å²) in [6.45, 7) is -0.173. The van der Waals surface area contributed by atoms with Crippen molar-refractivity contribution in [3.8, 4) is 0 Å². The first-order chi connectivity index (χ1) is 14.1. The van der Waals surface area contributed by atoms with Crippen molar-refractivity contribution in [2.24, 2.45) is 5.73 Å². The molecule has 0 saturated carbocycles. The average molecular weight is 386 g/mol. The van der Waals surface area contributed by atoms with Crippen LogP contribution in [0.4, 0.5) is 5.69 Å². The number of amides is 2. The van der Waals surface area contributed by atoms with Crippen LogP contribution in [0.1, 0.15) is 5.56 Å². The number of aromatic amines is 1. The fourth-order valence-corrected chi connectivity index (χ4v) is 3.48. The van der Waals surface area contributed by atoms with E-state index in [0.717, 1.165) is 27.2 Å². The number of rotatable bonds is 6. The number of nitrogens with two attached hydrogens (primary N) is 1. The van der Waals surface area contributed by atoms with Gasteiger partial charge in [-0.1, -0.05) is 48.5 Å². The van der Waals surface area contributed by atoms with Crippen LogP contribution >= 0.6 is 0 Å². The first-order valence-corrected chi connectivity index (χ1v) is 9.48. The second-order valence-corrected chi connectivity index (χ2v) is 6.94. The van der Waals surface area contributed by atoms with Crippen LogP contribution in [-0.2, 0) is 16.0 Å². The van der Waals surface area contributed by atoms with Gasteiger partial charge in [-0.3, -0.25) is 9.59 Å². The number of carbonyl (C=O) groups excluding carboxylic acids is 2. The maximum Gasteiger partial charge on any atom is 0.247 e. The first kappa shape index (κ1) is 18.7. The van der Waals surface area contributed by atoms with Crippen LogP contribution in [0, 0.1) is 0 Å². The molecule has 0 fully saturated rings. The second kappa shape index (κ2) is 8.16. The SMILES string of the molecule is NCC(=O)N[C@@H](Cc1c[nH]c2ccccc12)C(=O)Nc1ccc2ccccc2c1. The van der Waals surface area contributed by atoms with Gasteiger partial charge < -0.3 is 21.4 Å². The van der Waals surface area contributed by atoms with Crippen molar-refractivity contribution >= 4 is 39.2 Å². The summed E-state index contributed by atoms with van der Waals surface area (Å²) in [5.74, 6) is -0.657. The van der Waals surface area contributed by atoms with Crippen LogP contribution in [0.25, 0.3) is 21.7 Å². The average Bonchev–Trinajstić information content (AvgIpc) is 3.16. The zero-order valence-electron chi connectivity index (χ0n) is 15.8. The normalized spacial score (nSPS) is 12.0. The molecule has 0 saturated heterocycles. The predicted molar refractivity (Wildman–Crippen MR) is 116 cm³/mol. The van der Waals surface area contributed by atoms with E-state index < -0.39 is 6.04 Å². The number of nitrogens with one attached hydrogen (secondary N) is 3. The van der Waals surface area contributed by atoms with Gasteiger partial charge in [0.25, 0.3) is 0 Å². The Hall–Kier alpha value is -3.64. The van der Waals surface area contributed by atoms with Gasteiger partial charge in [-0.05, 0) is 34.5 Å². The second-order valence-electron chi connectivity index (χ2n) is 6.94. The lowest BCUT2D eigenvalue weighted by atomic mass is 10.0. The van der Waals surface area contributed by atoms with E-state index in [4.69, 9.17) is 5.73 Å². The zero-order chi connectivity index (χ0) is 20.2. The molecule has 29 heavy (non-hydrogen) atoms. The molecule has 5 N–H and O–H groups in total. The van der Waals surface area contributed by atoms with Crippen molar-refractivity contribution in [2.45, 2.75) is 12.5 Å². The summed E-state index contributed by atoms with van der Waals surface area (Å²) in [5, 5.41) is 8.81.